The zero-order valence-corrected chi connectivity index (χ0v) is 7.14. The Bertz CT molecular complexity index is 300. The highest BCUT2D eigenvalue weighted by Gasteiger charge is 2.06. The third-order valence-electron chi connectivity index (χ3n) is 1.82. The molecule has 0 heterocycles. The Labute approximate surface area is 76.9 Å². The zero-order chi connectivity index (χ0) is 9.68. The molecular formula is C10H11NO2. The Kier molecular flexibility index (Phi) is 3.30. The van der Waals surface area contributed by atoms with Crippen LogP contribution in [0.1, 0.15) is 5.56 Å². The summed E-state index contributed by atoms with van der Waals surface area (Å²) >= 11 is 0. The summed E-state index contributed by atoms with van der Waals surface area (Å²) in [6.45, 7) is -0.128. The highest BCUT2D eigenvalue weighted by Crippen LogP contribution is 2.12. The maximum Gasteiger partial charge on any atom is 0.115 e. The van der Waals surface area contributed by atoms with E-state index in [-0.39, 0.29) is 18.3 Å². The molecule has 0 spiro atoms. The van der Waals surface area contributed by atoms with E-state index in [1.54, 1.807) is 24.3 Å². The molecule has 0 aliphatic heterocycles. The molecule has 1 unspecified atom stereocenters. The van der Waals surface area contributed by atoms with Gasteiger partial charge < -0.3 is 10.2 Å². The van der Waals surface area contributed by atoms with E-state index >= 15 is 0 Å². The summed E-state index contributed by atoms with van der Waals surface area (Å²) < 4.78 is 0. The lowest BCUT2D eigenvalue weighted by molar-refractivity contribution is 0.255. The van der Waals surface area contributed by atoms with Crippen LogP contribution < -0.4 is 0 Å². The van der Waals surface area contributed by atoms with Crippen LogP contribution in [0.5, 0.6) is 5.75 Å². The second-order valence-electron chi connectivity index (χ2n) is 2.88. The Morgan fingerprint density at radius 2 is 1.92 bits per heavy atom. The summed E-state index contributed by atoms with van der Waals surface area (Å²) in [4.78, 5) is 0. The predicted molar refractivity (Wildman–Crippen MR) is 48.0 cm³/mol. The first-order valence-electron chi connectivity index (χ1n) is 4.04. The molecule has 2 N–H and O–H groups in total. The van der Waals surface area contributed by atoms with Crippen LogP contribution in [-0.2, 0) is 6.42 Å². The number of aliphatic hydroxyl groups excluding tert-OH is 1. The highest BCUT2D eigenvalue weighted by molar-refractivity contribution is 5.26. The number of rotatable bonds is 3. The van der Waals surface area contributed by atoms with Crippen LogP contribution in [0.25, 0.3) is 0 Å². The van der Waals surface area contributed by atoms with Crippen molar-refractivity contribution in [2.24, 2.45) is 5.92 Å². The van der Waals surface area contributed by atoms with E-state index in [9.17, 15) is 0 Å². The van der Waals surface area contributed by atoms with Crippen LogP contribution in [0.3, 0.4) is 0 Å². The fraction of sp³-hybridized carbons (Fsp3) is 0.300. The molecule has 13 heavy (non-hydrogen) atoms. The molecule has 0 amide bonds. The summed E-state index contributed by atoms with van der Waals surface area (Å²) in [6.07, 6.45) is 0.521. The minimum atomic E-state index is -0.357. The topological polar surface area (TPSA) is 64.2 Å². The molecule has 3 nitrogen and oxygen atoms in total. The molecule has 3 heteroatoms. The molecule has 1 aromatic carbocycles. The Hall–Kier alpha value is -1.53. The van der Waals surface area contributed by atoms with Gasteiger partial charge in [0.15, 0.2) is 0 Å². The van der Waals surface area contributed by atoms with Gasteiger partial charge in [-0.25, -0.2) is 0 Å². The average molecular weight is 177 g/mol. The van der Waals surface area contributed by atoms with Crippen molar-refractivity contribution in [3.05, 3.63) is 29.8 Å². The molecule has 0 saturated heterocycles. The van der Waals surface area contributed by atoms with Crippen LogP contribution in [0.2, 0.25) is 0 Å². The van der Waals surface area contributed by atoms with E-state index in [0.29, 0.717) is 6.42 Å². The molecule has 0 bridgehead atoms. The number of hydrogen-bond acceptors (Lipinski definition) is 3. The van der Waals surface area contributed by atoms with Gasteiger partial charge in [0.2, 0.25) is 0 Å². The monoisotopic (exact) mass is 177 g/mol. The van der Waals surface area contributed by atoms with Crippen LogP contribution in [0.4, 0.5) is 0 Å². The SMILES string of the molecule is N#CC(CO)Cc1ccc(O)cc1. The molecule has 0 aliphatic carbocycles. The number of aliphatic hydroxyl groups is 1. The second-order valence-corrected chi connectivity index (χ2v) is 2.88. The predicted octanol–water partition coefficient (Wildman–Crippen LogP) is 1.07. The van der Waals surface area contributed by atoms with Crippen molar-refractivity contribution in [1.82, 2.24) is 0 Å². The normalized spacial score (nSPS) is 12.0. The quantitative estimate of drug-likeness (QED) is 0.725. The molecule has 0 radical (unpaired) electrons. The maximum atomic E-state index is 8.99. The summed E-state index contributed by atoms with van der Waals surface area (Å²) in [5, 5.41) is 26.3. The molecular weight excluding hydrogens is 166 g/mol. The van der Waals surface area contributed by atoms with Gasteiger partial charge in [-0.1, -0.05) is 12.1 Å². The minimum absolute atomic E-state index is 0.128. The summed E-state index contributed by atoms with van der Waals surface area (Å²) in [5.74, 6) is -0.147. The Balaban J connectivity index is 2.64. The maximum absolute atomic E-state index is 8.99. The largest absolute Gasteiger partial charge is 0.508 e. The third-order valence-corrected chi connectivity index (χ3v) is 1.82. The van der Waals surface area contributed by atoms with Crippen LogP contribution in [-0.4, -0.2) is 16.8 Å². The fourth-order valence-electron chi connectivity index (χ4n) is 1.07. The number of phenols is 1. The molecule has 0 fully saturated rings. The second kappa shape index (κ2) is 4.48. The fourth-order valence-corrected chi connectivity index (χ4v) is 1.07. The van der Waals surface area contributed by atoms with E-state index in [0.717, 1.165) is 5.56 Å². The lowest BCUT2D eigenvalue weighted by Crippen LogP contribution is -2.06. The molecule has 1 rings (SSSR count). The van der Waals surface area contributed by atoms with Crippen LogP contribution >= 0.6 is 0 Å². The summed E-state index contributed by atoms with van der Waals surface area (Å²) in [5.41, 5.74) is 0.943. The van der Waals surface area contributed by atoms with E-state index in [1.807, 2.05) is 6.07 Å². The van der Waals surface area contributed by atoms with Gasteiger partial charge in [-0.15, -0.1) is 0 Å². The van der Waals surface area contributed by atoms with E-state index in [2.05, 4.69) is 0 Å². The smallest absolute Gasteiger partial charge is 0.115 e. The average Bonchev–Trinajstić information content (AvgIpc) is 2.17. The van der Waals surface area contributed by atoms with Crippen molar-refractivity contribution in [2.75, 3.05) is 6.61 Å². The van der Waals surface area contributed by atoms with Gasteiger partial charge >= 0.3 is 0 Å². The summed E-state index contributed by atoms with van der Waals surface area (Å²) in [7, 11) is 0. The van der Waals surface area contributed by atoms with Gasteiger partial charge in [0.25, 0.3) is 0 Å². The number of aromatic hydroxyl groups is 1. The lowest BCUT2D eigenvalue weighted by atomic mass is 10.0. The van der Waals surface area contributed by atoms with E-state index < -0.39 is 0 Å². The Morgan fingerprint density at radius 1 is 1.31 bits per heavy atom. The molecule has 1 aromatic rings. The van der Waals surface area contributed by atoms with Gasteiger partial charge in [-0.2, -0.15) is 5.26 Å². The van der Waals surface area contributed by atoms with Crippen LogP contribution in [0.15, 0.2) is 24.3 Å². The third kappa shape index (κ3) is 2.77. The van der Waals surface area contributed by atoms with Crippen molar-refractivity contribution in [3.8, 4) is 11.8 Å². The van der Waals surface area contributed by atoms with Gasteiger partial charge in [0.05, 0.1) is 18.6 Å². The van der Waals surface area contributed by atoms with Crippen molar-refractivity contribution < 1.29 is 10.2 Å². The van der Waals surface area contributed by atoms with Gasteiger partial charge in [0.1, 0.15) is 5.75 Å². The molecule has 0 aromatic heterocycles. The van der Waals surface area contributed by atoms with Crippen molar-refractivity contribution in [3.63, 3.8) is 0 Å². The molecule has 0 aliphatic rings. The van der Waals surface area contributed by atoms with Crippen molar-refractivity contribution in [2.45, 2.75) is 6.42 Å². The zero-order valence-electron chi connectivity index (χ0n) is 7.14. The van der Waals surface area contributed by atoms with Crippen LogP contribution in [0, 0.1) is 17.2 Å². The number of hydrogen-bond donors (Lipinski definition) is 2. The Morgan fingerprint density at radius 3 is 2.38 bits per heavy atom. The first-order valence-corrected chi connectivity index (χ1v) is 4.04. The van der Waals surface area contributed by atoms with Gasteiger partial charge in [-0.3, -0.25) is 0 Å². The first kappa shape index (κ1) is 9.56. The minimum Gasteiger partial charge on any atom is -0.508 e. The molecule has 0 saturated carbocycles. The van der Waals surface area contributed by atoms with Gasteiger partial charge in [0, 0.05) is 0 Å². The standard InChI is InChI=1S/C10H11NO2/c11-6-9(7-12)5-8-1-3-10(13)4-2-8/h1-4,9,12-13H,5,7H2. The molecule has 1 atom stereocenters. The highest BCUT2D eigenvalue weighted by atomic mass is 16.3. The number of nitrogens with zero attached hydrogens (tertiary/aromatic N) is 1. The lowest BCUT2D eigenvalue weighted by Gasteiger charge is -2.04. The van der Waals surface area contributed by atoms with Crippen molar-refractivity contribution in [1.29, 1.82) is 5.26 Å². The van der Waals surface area contributed by atoms with Crippen molar-refractivity contribution >= 4 is 0 Å². The van der Waals surface area contributed by atoms with E-state index in [4.69, 9.17) is 15.5 Å². The summed E-state index contributed by atoms with van der Waals surface area (Å²) in [6, 6.07) is 8.63. The number of phenolic OH excluding ortho intramolecular Hbond substituents is 1. The molecule has 68 valence electrons. The number of benzene rings is 1. The van der Waals surface area contributed by atoms with E-state index in [1.165, 1.54) is 0 Å². The number of nitriles is 1. The van der Waals surface area contributed by atoms with Gasteiger partial charge in [-0.05, 0) is 24.1 Å². The first-order chi connectivity index (χ1) is 6.26.